The summed E-state index contributed by atoms with van der Waals surface area (Å²) in [5, 5.41) is 10.0. The fourth-order valence-electron chi connectivity index (χ4n) is 3.40. The van der Waals surface area contributed by atoms with Gasteiger partial charge in [-0.3, -0.25) is 0 Å². The number of benzene rings is 2. The molecule has 2 aromatic carbocycles. The first kappa shape index (κ1) is 13.3. The van der Waals surface area contributed by atoms with Crippen LogP contribution >= 0.6 is 0 Å². The van der Waals surface area contributed by atoms with Crippen molar-refractivity contribution >= 4 is 0 Å². The lowest BCUT2D eigenvalue weighted by Gasteiger charge is -2.38. The first-order valence-electron chi connectivity index (χ1n) is 7.17. The van der Waals surface area contributed by atoms with Gasteiger partial charge in [0.05, 0.1) is 6.61 Å². The first-order chi connectivity index (χ1) is 9.73. The summed E-state index contributed by atoms with van der Waals surface area (Å²) in [5.41, 5.74) is 3.47. The number of halogens is 1. The van der Waals surface area contributed by atoms with Crippen LogP contribution in [-0.4, -0.2) is 11.7 Å². The van der Waals surface area contributed by atoms with Crippen molar-refractivity contribution in [1.29, 1.82) is 0 Å². The predicted molar refractivity (Wildman–Crippen MR) is 78.2 cm³/mol. The van der Waals surface area contributed by atoms with Gasteiger partial charge in [0.15, 0.2) is 0 Å². The van der Waals surface area contributed by atoms with Gasteiger partial charge in [-0.1, -0.05) is 36.4 Å². The highest BCUT2D eigenvalue weighted by Gasteiger charge is 2.35. The van der Waals surface area contributed by atoms with Crippen molar-refractivity contribution in [3.63, 3.8) is 0 Å². The Hall–Kier alpha value is -1.67. The third-order valence-corrected chi connectivity index (χ3v) is 4.45. The Morgan fingerprint density at radius 2 is 1.80 bits per heavy atom. The Labute approximate surface area is 119 Å². The third kappa shape index (κ3) is 2.36. The van der Waals surface area contributed by atoms with Gasteiger partial charge >= 0.3 is 0 Å². The van der Waals surface area contributed by atoms with Gasteiger partial charge < -0.3 is 5.11 Å². The molecule has 1 aliphatic rings. The van der Waals surface area contributed by atoms with Crippen molar-refractivity contribution in [3.8, 4) is 0 Å². The fraction of sp³-hybridized carbons (Fsp3) is 0.333. The standard InChI is InChI=1S/C18H19FO/c19-16-9-7-14(8-10-16)12-18(13-20)11-3-5-15-4-1-2-6-17(15)18/h1-2,4,6-10,20H,3,5,11-13H2. The molecule has 104 valence electrons. The summed E-state index contributed by atoms with van der Waals surface area (Å²) < 4.78 is 13.0. The van der Waals surface area contributed by atoms with E-state index in [1.807, 2.05) is 18.2 Å². The molecule has 1 atom stereocenters. The Bertz CT molecular complexity index is 591. The van der Waals surface area contributed by atoms with Gasteiger partial charge in [0.1, 0.15) is 5.82 Å². The number of hydrogen-bond donors (Lipinski definition) is 1. The zero-order chi connectivity index (χ0) is 14.0. The van der Waals surface area contributed by atoms with Gasteiger partial charge in [-0.25, -0.2) is 4.39 Å². The summed E-state index contributed by atoms with van der Waals surface area (Å²) in [6.45, 7) is 0.140. The minimum Gasteiger partial charge on any atom is -0.395 e. The van der Waals surface area contributed by atoms with Gasteiger partial charge in [0.2, 0.25) is 0 Å². The smallest absolute Gasteiger partial charge is 0.123 e. The molecule has 1 aliphatic carbocycles. The molecule has 2 aromatic rings. The van der Waals surface area contributed by atoms with E-state index in [1.54, 1.807) is 0 Å². The van der Waals surface area contributed by atoms with Crippen LogP contribution in [0.15, 0.2) is 48.5 Å². The summed E-state index contributed by atoms with van der Waals surface area (Å²) in [6, 6.07) is 15.0. The molecule has 1 unspecified atom stereocenters. The summed E-state index contributed by atoms with van der Waals surface area (Å²) >= 11 is 0. The molecule has 0 amide bonds. The molecule has 0 aromatic heterocycles. The monoisotopic (exact) mass is 270 g/mol. The Balaban J connectivity index is 1.98. The molecule has 3 rings (SSSR count). The van der Waals surface area contributed by atoms with Crippen LogP contribution in [0.4, 0.5) is 4.39 Å². The minimum absolute atomic E-state index is 0.140. The average Bonchev–Trinajstić information content (AvgIpc) is 2.50. The number of rotatable bonds is 3. The van der Waals surface area contributed by atoms with E-state index in [-0.39, 0.29) is 17.8 Å². The Kier molecular flexibility index (Phi) is 3.58. The highest BCUT2D eigenvalue weighted by atomic mass is 19.1. The SMILES string of the molecule is OCC1(Cc2ccc(F)cc2)CCCc2ccccc21. The van der Waals surface area contributed by atoms with Crippen LogP contribution in [0.1, 0.15) is 29.5 Å². The molecule has 1 nitrogen and oxygen atoms in total. The second kappa shape index (κ2) is 5.37. The van der Waals surface area contributed by atoms with Gasteiger partial charge in [0.25, 0.3) is 0 Å². The molecular formula is C18H19FO. The van der Waals surface area contributed by atoms with Crippen molar-refractivity contribution in [2.24, 2.45) is 0 Å². The summed E-state index contributed by atoms with van der Waals surface area (Å²) in [6.07, 6.45) is 3.93. The Morgan fingerprint density at radius 1 is 1.05 bits per heavy atom. The molecule has 0 heterocycles. The zero-order valence-corrected chi connectivity index (χ0v) is 11.5. The lowest BCUT2D eigenvalue weighted by molar-refractivity contribution is 0.173. The maximum absolute atomic E-state index is 13.0. The molecule has 0 spiro atoms. The molecule has 1 N–H and O–H groups in total. The molecule has 0 saturated carbocycles. The summed E-state index contributed by atoms with van der Waals surface area (Å²) in [5.74, 6) is -0.212. The van der Waals surface area contributed by atoms with Crippen LogP contribution in [-0.2, 0) is 18.3 Å². The third-order valence-electron chi connectivity index (χ3n) is 4.45. The van der Waals surface area contributed by atoms with E-state index in [1.165, 1.54) is 23.3 Å². The van der Waals surface area contributed by atoms with Crippen molar-refractivity contribution < 1.29 is 9.50 Å². The molecule has 2 heteroatoms. The maximum atomic E-state index is 13.0. The van der Waals surface area contributed by atoms with E-state index in [4.69, 9.17) is 0 Å². The average molecular weight is 270 g/mol. The molecule has 0 saturated heterocycles. The lowest BCUT2D eigenvalue weighted by Crippen LogP contribution is -2.37. The second-order valence-electron chi connectivity index (χ2n) is 5.75. The number of aliphatic hydroxyl groups is 1. The van der Waals surface area contributed by atoms with Crippen molar-refractivity contribution in [2.45, 2.75) is 31.1 Å². The fourth-order valence-corrected chi connectivity index (χ4v) is 3.40. The highest BCUT2D eigenvalue weighted by Crippen LogP contribution is 2.39. The van der Waals surface area contributed by atoms with E-state index >= 15 is 0 Å². The molecule has 0 radical (unpaired) electrons. The second-order valence-corrected chi connectivity index (χ2v) is 5.75. The zero-order valence-electron chi connectivity index (χ0n) is 11.5. The van der Waals surface area contributed by atoms with E-state index < -0.39 is 0 Å². The van der Waals surface area contributed by atoms with Gasteiger partial charge in [-0.05, 0) is 54.5 Å². The normalized spacial score (nSPS) is 21.5. The Morgan fingerprint density at radius 3 is 2.55 bits per heavy atom. The van der Waals surface area contributed by atoms with Crippen LogP contribution in [0.2, 0.25) is 0 Å². The van der Waals surface area contributed by atoms with E-state index in [9.17, 15) is 9.50 Å². The minimum atomic E-state index is -0.216. The van der Waals surface area contributed by atoms with E-state index in [2.05, 4.69) is 18.2 Å². The van der Waals surface area contributed by atoms with Crippen LogP contribution in [0.5, 0.6) is 0 Å². The van der Waals surface area contributed by atoms with Crippen LogP contribution in [0.3, 0.4) is 0 Å². The van der Waals surface area contributed by atoms with Gasteiger partial charge in [-0.2, -0.15) is 0 Å². The lowest BCUT2D eigenvalue weighted by atomic mass is 9.67. The molecule has 0 fully saturated rings. The van der Waals surface area contributed by atoms with Crippen molar-refractivity contribution in [1.82, 2.24) is 0 Å². The van der Waals surface area contributed by atoms with Crippen molar-refractivity contribution in [2.75, 3.05) is 6.61 Å². The van der Waals surface area contributed by atoms with Crippen molar-refractivity contribution in [3.05, 3.63) is 71.0 Å². The topological polar surface area (TPSA) is 20.2 Å². The number of fused-ring (bicyclic) bond motifs is 1. The highest BCUT2D eigenvalue weighted by molar-refractivity contribution is 5.39. The summed E-state index contributed by atoms with van der Waals surface area (Å²) in [7, 11) is 0. The first-order valence-corrected chi connectivity index (χ1v) is 7.17. The molecule has 20 heavy (non-hydrogen) atoms. The van der Waals surface area contributed by atoms with Gasteiger partial charge in [0, 0.05) is 5.41 Å². The van der Waals surface area contributed by atoms with E-state index in [0.29, 0.717) is 0 Å². The van der Waals surface area contributed by atoms with Crippen LogP contribution in [0.25, 0.3) is 0 Å². The maximum Gasteiger partial charge on any atom is 0.123 e. The van der Waals surface area contributed by atoms with Crippen LogP contribution in [0, 0.1) is 5.82 Å². The van der Waals surface area contributed by atoms with Crippen LogP contribution < -0.4 is 0 Å². The number of aryl methyl sites for hydroxylation is 1. The largest absolute Gasteiger partial charge is 0.395 e. The quantitative estimate of drug-likeness (QED) is 0.903. The number of hydrogen-bond acceptors (Lipinski definition) is 1. The molecule has 0 bridgehead atoms. The molecule has 0 aliphatic heterocycles. The number of aliphatic hydroxyl groups excluding tert-OH is 1. The predicted octanol–water partition coefficient (Wildman–Crippen LogP) is 3.63. The van der Waals surface area contributed by atoms with E-state index in [0.717, 1.165) is 31.2 Å². The van der Waals surface area contributed by atoms with Gasteiger partial charge in [-0.15, -0.1) is 0 Å². The molecular weight excluding hydrogens is 251 g/mol. The summed E-state index contributed by atoms with van der Waals surface area (Å²) in [4.78, 5) is 0.